The predicted octanol–water partition coefficient (Wildman–Crippen LogP) is 1.38. The van der Waals surface area contributed by atoms with E-state index in [0.29, 0.717) is 30.6 Å². The minimum Gasteiger partial charge on any atom is -0.355 e. The molecule has 0 unspecified atom stereocenters. The Morgan fingerprint density at radius 1 is 1.26 bits per heavy atom. The van der Waals surface area contributed by atoms with Crippen LogP contribution in [0, 0.1) is 0 Å². The number of halogens is 1. The van der Waals surface area contributed by atoms with Crippen LogP contribution in [0.5, 0.6) is 0 Å². The molecule has 27 heavy (non-hydrogen) atoms. The SMILES string of the molecule is CN=C(NCC(C)(C)S(C)(=O)=O)N1CCN(Cc2ccc(Cl)cc2)C(=O)C1. The summed E-state index contributed by atoms with van der Waals surface area (Å²) in [5.41, 5.74) is 1.03. The maximum Gasteiger partial charge on any atom is 0.242 e. The molecule has 2 rings (SSSR count). The molecule has 9 heteroatoms. The Morgan fingerprint density at radius 3 is 2.41 bits per heavy atom. The lowest BCUT2D eigenvalue weighted by Crippen LogP contribution is -2.56. The summed E-state index contributed by atoms with van der Waals surface area (Å²) in [5.74, 6) is 0.535. The van der Waals surface area contributed by atoms with Crippen molar-refractivity contribution in [3.8, 4) is 0 Å². The summed E-state index contributed by atoms with van der Waals surface area (Å²) in [5, 5.41) is 3.76. The highest BCUT2D eigenvalue weighted by atomic mass is 35.5. The van der Waals surface area contributed by atoms with Crippen LogP contribution in [0.4, 0.5) is 0 Å². The van der Waals surface area contributed by atoms with E-state index in [9.17, 15) is 13.2 Å². The summed E-state index contributed by atoms with van der Waals surface area (Å²) in [6.45, 7) is 5.48. The Labute approximate surface area is 166 Å². The Balaban J connectivity index is 1.95. The maximum atomic E-state index is 12.5. The van der Waals surface area contributed by atoms with Gasteiger partial charge in [-0.15, -0.1) is 0 Å². The van der Waals surface area contributed by atoms with Gasteiger partial charge in [0.1, 0.15) is 0 Å². The van der Waals surface area contributed by atoms with Gasteiger partial charge in [0.05, 0.1) is 11.3 Å². The molecule has 0 aromatic heterocycles. The van der Waals surface area contributed by atoms with Gasteiger partial charge >= 0.3 is 0 Å². The molecule has 150 valence electrons. The predicted molar refractivity (Wildman–Crippen MR) is 109 cm³/mol. The molecule has 1 aliphatic rings. The first kappa shape index (κ1) is 21.5. The van der Waals surface area contributed by atoms with Crippen LogP contribution in [0.15, 0.2) is 29.3 Å². The summed E-state index contributed by atoms with van der Waals surface area (Å²) < 4.78 is 22.8. The maximum absolute atomic E-state index is 12.5. The fourth-order valence-corrected chi connectivity index (χ4v) is 3.08. The summed E-state index contributed by atoms with van der Waals surface area (Å²) in [7, 11) is -1.59. The quantitative estimate of drug-likeness (QED) is 0.581. The lowest BCUT2D eigenvalue weighted by atomic mass is 10.2. The van der Waals surface area contributed by atoms with Crippen molar-refractivity contribution in [2.24, 2.45) is 4.99 Å². The second-order valence-corrected chi connectivity index (χ2v) is 10.4. The highest BCUT2D eigenvalue weighted by molar-refractivity contribution is 7.92. The third kappa shape index (κ3) is 5.59. The van der Waals surface area contributed by atoms with Crippen molar-refractivity contribution in [1.29, 1.82) is 0 Å². The molecule has 1 amide bonds. The molecular weight excluding hydrogens is 388 g/mol. The molecule has 1 aliphatic heterocycles. The zero-order valence-corrected chi connectivity index (χ0v) is 17.8. The molecule has 0 aliphatic carbocycles. The summed E-state index contributed by atoms with van der Waals surface area (Å²) in [6, 6.07) is 7.45. The van der Waals surface area contributed by atoms with Gasteiger partial charge in [-0.2, -0.15) is 0 Å². The van der Waals surface area contributed by atoms with Crippen LogP contribution in [0.1, 0.15) is 19.4 Å². The molecule has 1 aromatic rings. The van der Waals surface area contributed by atoms with Gasteiger partial charge in [-0.05, 0) is 31.5 Å². The van der Waals surface area contributed by atoms with E-state index in [-0.39, 0.29) is 19.0 Å². The zero-order valence-electron chi connectivity index (χ0n) is 16.2. The number of piperazine rings is 1. The molecule has 1 saturated heterocycles. The molecule has 1 heterocycles. The van der Waals surface area contributed by atoms with Crippen LogP contribution in [-0.2, 0) is 21.2 Å². The number of rotatable bonds is 5. The van der Waals surface area contributed by atoms with E-state index in [0.717, 1.165) is 5.56 Å². The largest absolute Gasteiger partial charge is 0.355 e. The first-order valence-electron chi connectivity index (χ1n) is 8.71. The van der Waals surface area contributed by atoms with Crippen molar-refractivity contribution in [1.82, 2.24) is 15.1 Å². The Hall–Kier alpha value is -1.80. The van der Waals surface area contributed by atoms with Crippen molar-refractivity contribution in [3.63, 3.8) is 0 Å². The molecule has 0 saturated carbocycles. The number of hydrogen-bond acceptors (Lipinski definition) is 4. The Kier molecular flexibility index (Phi) is 6.75. The first-order chi connectivity index (χ1) is 12.5. The number of carbonyl (C=O) groups excluding carboxylic acids is 1. The van der Waals surface area contributed by atoms with Gasteiger partial charge in [0.2, 0.25) is 5.91 Å². The highest BCUT2D eigenvalue weighted by Crippen LogP contribution is 2.15. The molecular formula is C18H27ClN4O3S. The second kappa shape index (κ2) is 8.48. The van der Waals surface area contributed by atoms with Crippen LogP contribution in [-0.4, -0.2) is 74.3 Å². The van der Waals surface area contributed by atoms with Crippen LogP contribution in [0.2, 0.25) is 5.02 Å². The number of nitrogens with one attached hydrogen (secondary N) is 1. The molecule has 1 N–H and O–H groups in total. The number of aliphatic imine (C=N–C) groups is 1. The molecule has 0 radical (unpaired) electrons. The van der Waals surface area contributed by atoms with E-state index < -0.39 is 14.6 Å². The smallest absolute Gasteiger partial charge is 0.242 e. The van der Waals surface area contributed by atoms with E-state index in [2.05, 4.69) is 10.3 Å². The van der Waals surface area contributed by atoms with E-state index in [1.807, 2.05) is 29.2 Å². The topological polar surface area (TPSA) is 82.1 Å². The zero-order chi connectivity index (χ0) is 20.2. The van der Waals surface area contributed by atoms with Gasteiger partial charge in [-0.1, -0.05) is 23.7 Å². The summed E-state index contributed by atoms with van der Waals surface area (Å²) in [6.07, 6.45) is 1.22. The van der Waals surface area contributed by atoms with Crippen LogP contribution in [0.3, 0.4) is 0 Å². The number of nitrogens with zero attached hydrogens (tertiary/aromatic N) is 3. The number of benzene rings is 1. The van der Waals surface area contributed by atoms with Gasteiger partial charge in [0.15, 0.2) is 15.8 Å². The third-order valence-electron chi connectivity index (χ3n) is 4.79. The van der Waals surface area contributed by atoms with Gasteiger partial charge < -0.3 is 15.1 Å². The van der Waals surface area contributed by atoms with Crippen LogP contribution in [0.25, 0.3) is 0 Å². The Bertz CT molecular complexity index is 806. The summed E-state index contributed by atoms with van der Waals surface area (Å²) in [4.78, 5) is 20.4. The average Bonchev–Trinajstić information content (AvgIpc) is 2.58. The first-order valence-corrected chi connectivity index (χ1v) is 11.0. The average molecular weight is 415 g/mol. The van der Waals surface area contributed by atoms with Crippen LogP contribution < -0.4 is 5.32 Å². The number of sulfone groups is 1. The monoisotopic (exact) mass is 414 g/mol. The number of guanidine groups is 1. The fraction of sp³-hybridized carbons (Fsp3) is 0.556. The van der Waals surface area contributed by atoms with Crippen molar-refractivity contribution >= 4 is 33.3 Å². The van der Waals surface area contributed by atoms with E-state index in [4.69, 9.17) is 11.6 Å². The van der Waals surface area contributed by atoms with Gasteiger partial charge in [-0.25, -0.2) is 8.42 Å². The minimum atomic E-state index is -3.21. The van der Waals surface area contributed by atoms with Gasteiger partial charge in [0, 0.05) is 44.5 Å². The Morgan fingerprint density at radius 2 is 1.89 bits per heavy atom. The molecule has 0 bridgehead atoms. The minimum absolute atomic E-state index is 0.00141. The van der Waals surface area contributed by atoms with Gasteiger partial charge in [0.25, 0.3) is 0 Å². The van der Waals surface area contributed by atoms with Crippen LogP contribution >= 0.6 is 11.6 Å². The van der Waals surface area contributed by atoms with Crippen molar-refractivity contribution < 1.29 is 13.2 Å². The molecule has 1 aromatic carbocycles. The van der Waals surface area contributed by atoms with E-state index >= 15 is 0 Å². The molecule has 0 atom stereocenters. The van der Waals surface area contributed by atoms with Crippen molar-refractivity contribution in [2.75, 3.05) is 39.5 Å². The summed E-state index contributed by atoms with van der Waals surface area (Å²) >= 11 is 5.90. The molecule has 0 spiro atoms. The van der Waals surface area contributed by atoms with Crippen molar-refractivity contribution in [2.45, 2.75) is 25.1 Å². The lowest BCUT2D eigenvalue weighted by Gasteiger charge is -2.37. The molecule has 7 nitrogen and oxygen atoms in total. The number of hydrogen-bond donors (Lipinski definition) is 1. The standard InChI is InChI=1S/C18H27ClN4O3S/c1-18(2,27(4,25)26)13-21-17(20-3)23-10-9-22(16(24)12-23)11-14-5-7-15(19)8-6-14/h5-8H,9-13H2,1-4H3,(H,20,21). The molecule has 1 fully saturated rings. The fourth-order valence-electron chi connectivity index (χ4n) is 2.62. The number of amides is 1. The van der Waals surface area contributed by atoms with E-state index in [1.54, 1.807) is 25.8 Å². The second-order valence-electron chi connectivity index (χ2n) is 7.30. The number of carbonyl (C=O) groups is 1. The lowest BCUT2D eigenvalue weighted by molar-refractivity contribution is -0.135. The van der Waals surface area contributed by atoms with Gasteiger partial charge in [-0.3, -0.25) is 9.79 Å². The van der Waals surface area contributed by atoms with E-state index in [1.165, 1.54) is 6.26 Å². The normalized spacial score (nSPS) is 16.6. The van der Waals surface area contributed by atoms with Crippen molar-refractivity contribution in [3.05, 3.63) is 34.9 Å². The third-order valence-corrected chi connectivity index (χ3v) is 7.20. The highest BCUT2D eigenvalue weighted by Gasteiger charge is 2.32.